The first-order valence-electron chi connectivity index (χ1n) is 12.0. The van der Waals surface area contributed by atoms with Crippen molar-refractivity contribution in [2.75, 3.05) is 59.0 Å². The first-order chi connectivity index (χ1) is 15.8. The fraction of sp³-hybridized carbons (Fsp3) is 0.560. The zero-order chi connectivity index (χ0) is 22.0. The van der Waals surface area contributed by atoms with Crippen molar-refractivity contribution in [3.63, 3.8) is 0 Å². The summed E-state index contributed by atoms with van der Waals surface area (Å²) in [5.41, 5.74) is 1.32. The summed E-state index contributed by atoms with van der Waals surface area (Å²) in [6.07, 6.45) is 4.26. The van der Waals surface area contributed by atoms with Gasteiger partial charge >= 0.3 is 0 Å². The highest BCUT2D eigenvalue weighted by Crippen LogP contribution is 2.26. The van der Waals surface area contributed by atoms with Crippen LogP contribution in [-0.2, 0) is 4.74 Å². The number of hydrogen-bond donors (Lipinski definition) is 2. The number of aliphatic imine (C=N–C) groups is 1. The lowest BCUT2D eigenvalue weighted by atomic mass is 10.0. The molecular formula is C25H38IN5O2. The predicted octanol–water partition coefficient (Wildman–Crippen LogP) is 3.66. The summed E-state index contributed by atoms with van der Waals surface area (Å²) in [5.74, 6) is 1.86. The monoisotopic (exact) mass is 567 g/mol. The van der Waals surface area contributed by atoms with Gasteiger partial charge in [-0.2, -0.15) is 0 Å². The molecule has 1 aromatic heterocycles. The largest absolute Gasteiger partial charge is 0.468 e. The lowest BCUT2D eigenvalue weighted by molar-refractivity contribution is 0.0170. The maximum absolute atomic E-state index is 5.77. The van der Waals surface area contributed by atoms with Crippen LogP contribution in [0.5, 0.6) is 0 Å². The normalized spacial score (nSPS) is 19.6. The first kappa shape index (κ1) is 26.0. The van der Waals surface area contributed by atoms with E-state index in [-0.39, 0.29) is 36.1 Å². The molecular weight excluding hydrogens is 529 g/mol. The molecule has 2 fully saturated rings. The maximum atomic E-state index is 5.77. The van der Waals surface area contributed by atoms with E-state index in [4.69, 9.17) is 14.1 Å². The Labute approximate surface area is 215 Å². The van der Waals surface area contributed by atoms with Gasteiger partial charge < -0.3 is 19.8 Å². The quantitative estimate of drug-likeness (QED) is 0.274. The Morgan fingerprint density at radius 1 is 0.939 bits per heavy atom. The number of likely N-dealkylation sites (tertiary alicyclic amines) is 1. The van der Waals surface area contributed by atoms with Gasteiger partial charge in [-0.25, -0.2) is 0 Å². The van der Waals surface area contributed by atoms with Gasteiger partial charge in [0.25, 0.3) is 0 Å². The summed E-state index contributed by atoms with van der Waals surface area (Å²) in [4.78, 5) is 9.97. The standard InChI is InChI=1S/C25H37N5O2.HI/c1-2-26-25(28-20-23(24-11-8-16-32-24)29-12-6-7-13-29)27-19-22(21-9-4-3-5-10-21)30-14-17-31-18-15-30;/h3-5,8-11,16,22-23H,2,6-7,12-15,17-20H2,1H3,(H2,26,27,28);1H. The zero-order valence-corrected chi connectivity index (χ0v) is 21.9. The number of hydrogen-bond acceptors (Lipinski definition) is 5. The average molecular weight is 568 g/mol. The fourth-order valence-corrected chi connectivity index (χ4v) is 4.65. The Morgan fingerprint density at radius 3 is 2.33 bits per heavy atom. The van der Waals surface area contributed by atoms with Crippen molar-refractivity contribution < 1.29 is 9.15 Å². The summed E-state index contributed by atoms with van der Waals surface area (Å²) in [6.45, 7) is 10.1. The SMILES string of the molecule is CCNC(=NCC(c1ccco1)N1CCCC1)NCC(c1ccccc1)N1CCOCC1.I. The minimum Gasteiger partial charge on any atom is -0.468 e. The molecule has 0 saturated carbocycles. The summed E-state index contributed by atoms with van der Waals surface area (Å²) >= 11 is 0. The van der Waals surface area contributed by atoms with Gasteiger partial charge in [0, 0.05) is 26.2 Å². The molecule has 0 radical (unpaired) electrons. The minimum absolute atomic E-state index is 0. The molecule has 2 aliphatic heterocycles. The molecule has 2 aromatic rings. The van der Waals surface area contributed by atoms with Crippen LogP contribution in [0.1, 0.15) is 43.2 Å². The molecule has 3 heterocycles. The third-order valence-corrected chi connectivity index (χ3v) is 6.35. The molecule has 4 rings (SSSR count). The maximum Gasteiger partial charge on any atom is 0.191 e. The Morgan fingerprint density at radius 2 is 1.67 bits per heavy atom. The zero-order valence-electron chi connectivity index (χ0n) is 19.6. The van der Waals surface area contributed by atoms with Gasteiger partial charge in [0.15, 0.2) is 5.96 Å². The van der Waals surface area contributed by atoms with Gasteiger partial charge in [0.1, 0.15) is 5.76 Å². The average Bonchev–Trinajstić information content (AvgIpc) is 3.56. The third-order valence-electron chi connectivity index (χ3n) is 6.35. The van der Waals surface area contributed by atoms with Crippen LogP contribution in [0.3, 0.4) is 0 Å². The van der Waals surface area contributed by atoms with Crippen LogP contribution in [0.15, 0.2) is 58.1 Å². The van der Waals surface area contributed by atoms with Crippen LogP contribution in [0.25, 0.3) is 0 Å². The lowest BCUT2D eigenvalue weighted by Gasteiger charge is -2.35. The predicted molar refractivity (Wildman–Crippen MR) is 143 cm³/mol. The van der Waals surface area contributed by atoms with Crippen LogP contribution >= 0.6 is 24.0 Å². The third kappa shape index (κ3) is 7.43. The van der Waals surface area contributed by atoms with Crippen molar-refractivity contribution in [1.82, 2.24) is 20.4 Å². The van der Waals surface area contributed by atoms with Gasteiger partial charge in [-0.05, 0) is 50.6 Å². The Hall–Kier alpha value is -1.62. The van der Waals surface area contributed by atoms with Crippen LogP contribution < -0.4 is 10.6 Å². The fourth-order valence-electron chi connectivity index (χ4n) is 4.65. The number of nitrogens with zero attached hydrogens (tertiary/aromatic N) is 3. The highest BCUT2D eigenvalue weighted by atomic mass is 127. The summed E-state index contributed by atoms with van der Waals surface area (Å²) in [6, 6.07) is 15.2. The topological polar surface area (TPSA) is 65.3 Å². The molecule has 2 N–H and O–H groups in total. The van der Waals surface area contributed by atoms with Crippen molar-refractivity contribution in [1.29, 1.82) is 0 Å². The second-order valence-corrected chi connectivity index (χ2v) is 8.45. The molecule has 182 valence electrons. The van der Waals surface area contributed by atoms with Crippen LogP contribution in [0.2, 0.25) is 0 Å². The molecule has 0 amide bonds. The molecule has 2 saturated heterocycles. The van der Waals surface area contributed by atoms with Crippen LogP contribution in [0, 0.1) is 0 Å². The van der Waals surface area contributed by atoms with Crippen molar-refractivity contribution in [2.24, 2.45) is 4.99 Å². The van der Waals surface area contributed by atoms with E-state index in [0.717, 1.165) is 64.2 Å². The first-order valence-corrected chi connectivity index (χ1v) is 12.0. The lowest BCUT2D eigenvalue weighted by Crippen LogP contribution is -2.46. The van der Waals surface area contributed by atoms with E-state index in [1.807, 2.05) is 6.07 Å². The number of nitrogens with one attached hydrogen (secondary N) is 2. The molecule has 2 atom stereocenters. The van der Waals surface area contributed by atoms with E-state index in [0.29, 0.717) is 6.54 Å². The highest BCUT2D eigenvalue weighted by molar-refractivity contribution is 14.0. The summed E-state index contributed by atoms with van der Waals surface area (Å²) < 4.78 is 11.4. The Kier molecular flexibility index (Phi) is 11.0. The van der Waals surface area contributed by atoms with E-state index in [9.17, 15) is 0 Å². The Balaban J connectivity index is 0.00000306. The molecule has 33 heavy (non-hydrogen) atoms. The van der Waals surface area contributed by atoms with Crippen molar-refractivity contribution in [3.05, 3.63) is 60.1 Å². The molecule has 8 heteroatoms. The number of ether oxygens (including phenoxy) is 1. The van der Waals surface area contributed by atoms with Crippen molar-refractivity contribution in [2.45, 2.75) is 31.8 Å². The van der Waals surface area contributed by atoms with E-state index >= 15 is 0 Å². The number of guanidine groups is 1. The van der Waals surface area contributed by atoms with E-state index in [2.05, 4.69) is 63.8 Å². The molecule has 2 unspecified atom stereocenters. The van der Waals surface area contributed by atoms with Crippen LogP contribution in [-0.4, -0.2) is 74.8 Å². The molecule has 0 bridgehead atoms. The van der Waals surface area contributed by atoms with Gasteiger partial charge in [-0.15, -0.1) is 24.0 Å². The van der Waals surface area contributed by atoms with Gasteiger partial charge in [-0.3, -0.25) is 14.8 Å². The van der Waals surface area contributed by atoms with Crippen LogP contribution in [0.4, 0.5) is 0 Å². The number of furan rings is 1. The molecule has 0 spiro atoms. The Bertz CT molecular complexity index is 805. The van der Waals surface area contributed by atoms with E-state index in [1.54, 1.807) is 6.26 Å². The number of morpholine rings is 1. The molecule has 7 nitrogen and oxygen atoms in total. The van der Waals surface area contributed by atoms with Gasteiger partial charge in [0.2, 0.25) is 0 Å². The summed E-state index contributed by atoms with van der Waals surface area (Å²) in [7, 11) is 0. The second-order valence-electron chi connectivity index (χ2n) is 8.45. The number of halogens is 1. The van der Waals surface area contributed by atoms with Crippen molar-refractivity contribution >= 4 is 29.9 Å². The second kappa shape index (κ2) is 13.9. The molecule has 1 aromatic carbocycles. The minimum atomic E-state index is 0. The van der Waals surface area contributed by atoms with E-state index in [1.165, 1.54) is 18.4 Å². The molecule has 0 aliphatic carbocycles. The number of benzene rings is 1. The highest BCUT2D eigenvalue weighted by Gasteiger charge is 2.26. The molecule has 2 aliphatic rings. The van der Waals surface area contributed by atoms with E-state index < -0.39 is 0 Å². The summed E-state index contributed by atoms with van der Waals surface area (Å²) in [5, 5.41) is 7.05. The van der Waals surface area contributed by atoms with Gasteiger partial charge in [-0.1, -0.05) is 30.3 Å². The smallest absolute Gasteiger partial charge is 0.191 e. The number of rotatable bonds is 9. The van der Waals surface area contributed by atoms with Gasteiger partial charge in [0.05, 0.1) is 38.1 Å². The van der Waals surface area contributed by atoms with Crippen molar-refractivity contribution in [3.8, 4) is 0 Å².